The predicted octanol–water partition coefficient (Wildman–Crippen LogP) is 1.60. The first kappa shape index (κ1) is 24.3. The van der Waals surface area contributed by atoms with Crippen LogP contribution in [0, 0.1) is 12.3 Å². The summed E-state index contributed by atoms with van der Waals surface area (Å²) in [7, 11) is 0. The minimum absolute atomic E-state index is 0.0629. The smallest absolute Gasteiger partial charge is 0.243 e. The van der Waals surface area contributed by atoms with Crippen molar-refractivity contribution in [2.24, 2.45) is 11.1 Å². The predicted molar refractivity (Wildman–Crippen MR) is 124 cm³/mol. The van der Waals surface area contributed by atoms with Crippen molar-refractivity contribution in [2.75, 3.05) is 13.2 Å². The molecule has 1 saturated heterocycles. The second-order valence-electron chi connectivity index (χ2n) is 9.37. The van der Waals surface area contributed by atoms with Crippen molar-refractivity contribution in [3.8, 4) is 10.4 Å². The minimum atomic E-state index is -0.834. The van der Waals surface area contributed by atoms with Crippen LogP contribution >= 0.6 is 11.3 Å². The number of nitrogens with two attached hydrogens (primary N) is 1. The molecule has 32 heavy (non-hydrogen) atoms. The molecule has 0 spiro atoms. The molecule has 1 aromatic heterocycles. The van der Waals surface area contributed by atoms with Crippen molar-refractivity contribution in [1.82, 2.24) is 15.2 Å². The van der Waals surface area contributed by atoms with Crippen LogP contribution in [-0.4, -0.2) is 63.3 Å². The SMILES string of the molecule is Cc1ncsc1-c1ccc([C@H](CO)NC(=O)[C@@H]2C[C@@H](O)CN2C(=O)[C@@H](N)C(C)(C)C)cc1. The summed E-state index contributed by atoms with van der Waals surface area (Å²) in [5.74, 6) is -0.781. The van der Waals surface area contributed by atoms with Crippen LogP contribution in [0.3, 0.4) is 0 Å². The number of likely N-dealkylation sites (tertiary alicyclic amines) is 1. The molecule has 0 saturated carbocycles. The topological polar surface area (TPSA) is 129 Å². The molecule has 9 heteroatoms. The Kier molecular flexibility index (Phi) is 7.34. The molecule has 2 amide bonds. The molecule has 4 atom stereocenters. The summed E-state index contributed by atoms with van der Waals surface area (Å²) >= 11 is 1.56. The maximum atomic E-state index is 13.0. The number of nitrogens with zero attached hydrogens (tertiary/aromatic N) is 2. The van der Waals surface area contributed by atoms with Gasteiger partial charge in [0.2, 0.25) is 11.8 Å². The molecule has 5 N–H and O–H groups in total. The standard InChI is InChI=1S/C23H32N4O4S/c1-13-19(32-12-25-13)15-7-5-14(6-8-15)17(11-28)26-21(30)18-9-16(29)10-27(18)22(31)20(24)23(2,3)4/h5-8,12,16-18,20,28-29H,9-11,24H2,1-4H3,(H,26,30)/t16-,17+,18+,20-/m1/s1. The number of amides is 2. The Bertz CT molecular complexity index is 954. The maximum absolute atomic E-state index is 13.0. The fourth-order valence-corrected chi connectivity index (χ4v) is 4.61. The van der Waals surface area contributed by atoms with Gasteiger partial charge in [-0.1, -0.05) is 45.0 Å². The number of β-amino-alcohol motifs (C(OH)–C–C–N with tert-alkyl or cyclic N) is 1. The Morgan fingerprint density at radius 1 is 1.31 bits per heavy atom. The molecule has 174 valence electrons. The van der Waals surface area contributed by atoms with Gasteiger partial charge >= 0.3 is 0 Å². The van der Waals surface area contributed by atoms with E-state index in [1.807, 2.05) is 52.0 Å². The van der Waals surface area contributed by atoms with Crippen molar-refractivity contribution in [3.63, 3.8) is 0 Å². The van der Waals surface area contributed by atoms with Gasteiger partial charge in [0.25, 0.3) is 0 Å². The molecule has 1 aliphatic heterocycles. The summed E-state index contributed by atoms with van der Waals surface area (Å²) in [4.78, 5) is 32.7. The van der Waals surface area contributed by atoms with E-state index in [0.29, 0.717) is 0 Å². The van der Waals surface area contributed by atoms with Gasteiger partial charge < -0.3 is 26.2 Å². The van der Waals surface area contributed by atoms with Crippen LogP contribution in [-0.2, 0) is 9.59 Å². The number of nitrogens with one attached hydrogen (secondary N) is 1. The summed E-state index contributed by atoms with van der Waals surface area (Å²) < 4.78 is 0. The minimum Gasteiger partial charge on any atom is -0.394 e. The number of aliphatic hydroxyl groups is 2. The summed E-state index contributed by atoms with van der Waals surface area (Å²) in [6.45, 7) is 7.29. The van der Waals surface area contributed by atoms with Crippen molar-refractivity contribution >= 4 is 23.2 Å². The fraction of sp³-hybridized carbons (Fsp3) is 0.522. The van der Waals surface area contributed by atoms with Gasteiger partial charge in [0.05, 0.1) is 40.9 Å². The van der Waals surface area contributed by atoms with Crippen molar-refractivity contribution in [3.05, 3.63) is 41.0 Å². The van der Waals surface area contributed by atoms with E-state index in [9.17, 15) is 19.8 Å². The highest BCUT2D eigenvalue weighted by molar-refractivity contribution is 7.13. The van der Waals surface area contributed by atoms with Gasteiger partial charge in [0.15, 0.2) is 0 Å². The highest BCUT2D eigenvalue weighted by Gasteiger charge is 2.43. The summed E-state index contributed by atoms with van der Waals surface area (Å²) in [5.41, 5.74) is 10.2. The van der Waals surface area contributed by atoms with Crippen LogP contribution in [0.5, 0.6) is 0 Å². The molecular formula is C23H32N4O4S. The molecule has 2 heterocycles. The molecule has 1 fully saturated rings. The van der Waals surface area contributed by atoms with Gasteiger partial charge in [0.1, 0.15) is 6.04 Å². The second kappa shape index (κ2) is 9.66. The summed E-state index contributed by atoms with van der Waals surface area (Å²) in [6.07, 6.45) is -0.660. The van der Waals surface area contributed by atoms with Gasteiger partial charge in [0, 0.05) is 13.0 Å². The molecule has 2 aromatic rings. The van der Waals surface area contributed by atoms with Gasteiger partial charge in [-0.2, -0.15) is 0 Å². The Morgan fingerprint density at radius 3 is 2.50 bits per heavy atom. The highest BCUT2D eigenvalue weighted by Crippen LogP contribution is 2.29. The molecule has 8 nitrogen and oxygen atoms in total. The Labute approximate surface area is 192 Å². The van der Waals surface area contributed by atoms with Crippen LogP contribution in [0.1, 0.15) is 44.5 Å². The van der Waals surface area contributed by atoms with Gasteiger partial charge in [-0.3, -0.25) is 9.59 Å². The first-order valence-electron chi connectivity index (χ1n) is 10.7. The number of hydrogen-bond acceptors (Lipinski definition) is 7. The Hall–Kier alpha value is -2.33. The van der Waals surface area contributed by atoms with E-state index in [2.05, 4.69) is 10.3 Å². The number of aliphatic hydroxyl groups excluding tert-OH is 2. The van der Waals surface area contributed by atoms with Crippen LogP contribution in [0.25, 0.3) is 10.4 Å². The zero-order chi connectivity index (χ0) is 23.6. The number of hydrogen-bond donors (Lipinski definition) is 4. The summed E-state index contributed by atoms with van der Waals surface area (Å²) in [6, 6.07) is 5.32. The molecule has 0 bridgehead atoms. The largest absolute Gasteiger partial charge is 0.394 e. The molecule has 0 aliphatic carbocycles. The summed E-state index contributed by atoms with van der Waals surface area (Å²) in [5, 5.41) is 22.9. The molecular weight excluding hydrogens is 428 g/mol. The molecule has 1 aliphatic rings. The van der Waals surface area contributed by atoms with Crippen molar-refractivity contribution < 1.29 is 19.8 Å². The quantitative estimate of drug-likeness (QED) is 0.518. The number of aromatic nitrogens is 1. The zero-order valence-corrected chi connectivity index (χ0v) is 19.7. The average Bonchev–Trinajstić information content (AvgIpc) is 3.35. The van der Waals surface area contributed by atoms with Crippen LogP contribution in [0.4, 0.5) is 0 Å². The lowest BCUT2D eigenvalue weighted by atomic mass is 9.86. The zero-order valence-electron chi connectivity index (χ0n) is 18.9. The van der Waals surface area contributed by atoms with Crippen molar-refractivity contribution in [1.29, 1.82) is 0 Å². The number of carbonyl (C=O) groups excluding carboxylic acids is 2. The average molecular weight is 461 g/mol. The van der Waals surface area contributed by atoms with E-state index < -0.39 is 35.6 Å². The van der Waals surface area contributed by atoms with Crippen LogP contribution in [0.15, 0.2) is 29.8 Å². The number of rotatable bonds is 6. The Balaban J connectivity index is 1.73. The van der Waals surface area contributed by atoms with Crippen LogP contribution < -0.4 is 11.1 Å². The van der Waals surface area contributed by atoms with Crippen molar-refractivity contribution in [2.45, 2.75) is 58.3 Å². The molecule has 0 unspecified atom stereocenters. The number of benzene rings is 1. The lowest BCUT2D eigenvalue weighted by Gasteiger charge is -2.33. The molecule has 3 rings (SSSR count). The maximum Gasteiger partial charge on any atom is 0.243 e. The lowest BCUT2D eigenvalue weighted by molar-refractivity contribution is -0.141. The number of carbonyl (C=O) groups is 2. The van der Waals surface area contributed by atoms with E-state index in [4.69, 9.17) is 5.73 Å². The Morgan fingerprint density at radius 2 is 1.97 bits per heavy atom. The van der Waals surface area contributed by atoms with E-state index in [1.165, 1.54) is 4.90 Å². The highest BCUT2D eigenvalue weighted by atomic mass is 32.1. The third-order valence-corrected chi connectivity index (χ3v) is 6.86. The molecule has 1 aromatic carbocycles. The third kappa shape index (κ3) is 5.17. The molecule has 0 radical (unpaired) electrons. The monoisotopic (exact) mass is 460 g/mol. The lowest BCUT2D eigenvalue weighted by Crippen LogP contribution is -2.55. The number of thiazole rings is 1. The number of aryl methyl sites for hydroxylation is 1. The first-order valence-corrected chi connectivity index (χ1v) is 11.6. The van der Waals surface area contributed by atoms with E-state index in [0.717, 1.165) is 21.7 Å². The second-order valence-corrected chi connectivity index (χ2v) is 10.2. The van der Waals surface area contributed by atoms with Gasteiger partial charge in [-0.05, 0) is 23.5 Å². The first-order chi connectivity index (χ1) is 15.0. The van der Waals surface area contributed by atoms with E-state index in [-0.39, 0.29) is 25.5 Å². The van der Waals surface area contributed by atoms with Crippen LogP contribution in [0.2, 0.25) is 0 Å². The van der Waals surface area contributed by atoms with Gasteiger partial charge in [-0.25, -0.2) is 4.98 Å². The third-order valence-electron chi connectivity index (χ3n) is 5.88. The fourth-order valence-electron chi connectivity index (χ4n) is 3.80. The normalized spacial score (nSPS) is 20.8. The van der Waals surface area contributed by atoms with Gasteiger partial charge in [-0.15, -0.1) is 11.3 Å². The van der Waals surface area contributed by atoms with E-state index in [1.54, 1.807) is 16.8 Å². The van der Waals surface area contributed by atoms with E-state index >= 15 is 0 Å².